The Morgan fingerprint density at radius 2 is 2.10 bits per heavy atom. The van der Waals surface area contributed by atoms with Gasteiger partial charge in [-0.2, -0.15) is 0 Å². The minimum Gasteiger partial charge on any atom is -0.331 e. The van der Waals surface area contributed by atoms with Crippen LogP contribution in [0, 0.1) is 0 Å². The summed E-state index contributed by atoms with van der Waals surface area (Å²) < 4.78 is 2.22. The van der Waals surface area contributed by atoms with E-state index in [4.69, 9.17) is 10.7 Å². The average Bonchev–Trinajstić information content (AvgIpc) is 2.77. The van der Waals surface area contributed by atoms with E-state index in [-0.39, 0.29) is 0 Å². The van der Waals surface area contributed by atoms with E-state index < -0.39 is 0 Å². The van der Waals surface area contributed by atoms with Crippen LogP contribution < -0.4 is 5.73 Å². The summed E-state index contributed by atoms with van der Waals surface area (Å²) in [6.45, 7) is 0.572. The molecule has 0 aliphatic heterocycles. The number of rotatable bonds is 2. The van der Waals surface area contributed by atoms with Crippen molar-refractivity contribution in [2.24, 2.45) is 12.8 Å². The second-order valence-electron chi connectivity index (χ2n) is 5.51. The summed E-state index contributed by atoms with van der Waals surface area (Å²) >= 11 is 0. The summed E-state index contributed by atoms with van der Waals surface area (Å²) in [5, 5.41) is 0. The van der Waals surface area contributed by atoms with Gasteiger partial charge in [-0.25, -0.2) is 4.98 Å². The van der Waals surface area contributed by atoms with E-state index in [0.29, 0.717) is 12.5 Å². The van der Waals surface area contributed by atoms with E-state index in [0.717, 1.165) is 23.3 Å². The minimum atomic E-state index is 0.435. The number of hydrogen-bond donors (Lipinski definition) is 1. The molecule has 0 bridgehead atoms. The molecule has 20 heavy (non-hydrogen) atoms. The van der Waals surface area contributed by atoms with E-state index in [2.05, 4.69) is 54.1 Å². The molecule has 0 spiro atoms. The maximum absolute atomic E-state index is 5.73. The number of nitrogens with zero attached hydrogens (tertiary/aromatic N) is 2. The van der Waals surface area contributed by atoms with Crippen LogP contribution in [0.15, 0.2) is 42.5 Å². The molecule has 1 atom stereocenters. The highest BCUT2D eigenvalue weighted by Crippen LogP contribution is 2.40. The molecular weight excluding hydrogens is 246 g/mol. The lowest BCUT2D eigenvalue weighted by Gasteiger charge is -2.29. The van der Waals surface area contributed by atoms with E-state index in [1.807, 2.05) is 0 Å². The highest BCUT2D eigenvalue weighted by Gasteiger charge is 2.30. The van der Waals surface area contributed by atoms with Gasteiger partial charge in [-0.05, 0) is 35.2 Å². The lowest BCUT2D eigenvalue weighted by atomic mass is 9.77. The van der Waals surface area contributed by atoms with Crippen LogP contribution in [-0.4, -0.2) is 9.55 Å². The van der Waals surface area contributed by atoms with Crippen molar-refractivity contribution in [2.45, 2.75) is 18.9 Å². The van der Waals surface area contributed by atoms with Crippen LogP contribution in [0.5, 0.6) is 0 Å². The summed E-state index contributed by atoms with van der Waals surface area (Å²) in [6, 6.07) is 14.9. The molecular formula is C17H17N3. The number of aromatic nitrogens is 2. The fourth-order valence-electron chi connectivity index (χ4n) is 3.18. The zero-order valence-corrected chi connectivity index (χ0v) is 11.5. The second-order valence-corrected chi connectivity index (χ2v) is 5.51. The molecule has 2 aromatic carbocycles. The number of benzene rings is 2. The predicted molar refractivity (Wildman–Crippen MR) is 80.6 cm³/mol. The zero-order chi connectivity index (χ0) is 13.7. The third-order valence-electron chi connectivity index (χ3n) is 4.38. The average molecular weight is 263 g/mol. The van der Waals surface area contributed by atoms with Gasteiger partial charge in [-0.15, -0.1) is 0 Å². The summed E-state index contributed by atoms with van der Waals surface area (Å²) in [5.41, 5.74) is 12.0. The van der Waals surface area contributed by atoms with E-state index >= 15 is 0 Å². The Morgan fingerprint density at radius 1 is 1.25 bits per heavy atom. The fraction of sp³-hybridized carbons (Fsp3) is 0.235. The van der Waals surface area contributed by atoms with Crippen LogP contribution in [0.4, 0.5) is 0 Å². The van der Waals surface area contributed by atoms with Gasteiger partial charge in [0.15, 0.2) is 0 Å². The molecule has 1 unspecified atom stereocenters. The topological polar surface area (TPSA) is 43.8 Å². The summed E-state index contributed by atoms with van der Waals surface area (Å²) in [5.74, 6) is 1.60. The van der Waals surface area contributed by atoms with Gasteiger partial charge in [0.05, 0.1) is 11.0 Å². The molecule has 0 amide bonds. The van der Waals surface area contributed by atoms with Crippen LogP contribution in [0.3, 0.4) is 0 Å². The van der Waals surface area contributed by atoms with Crippen LogP contribution in [0.1, 0.15) is 28.4 Å². The Bertz CT molecular complexity index is 801. The number of imidazole rings is 1. The highest BCUT2D eigenvalue weighted by molar-refractivity contribution is 5.77. The first-order valence-electron chi connectivity index (χ1n) is 7.01. The van der Waals surface area contributed by atoms with Crippen LogP contribution in [-0.2, 0) is 20.0 Å². The molecule has 1 aliphatic carbocycles. The molecule has 0 saturated carbocycles. The monoisotopic (exact) mass is 263 g/mol. The maximum atomic E-state index is 5.73. The highest BCUT2D eigenvalue weighted by atomic mass is 15.1. The molecule has 100 valence electrons. The molecule has 1 heterocycles. The third-order valence-corrected chi connectivity index (χ3v) is 4.38. The van der Waals surface area contributed by atoms with Crippen molar-refractivity contribution < 1.29 is 0 Å². The SMILES string of the molecule is Cn1c(C2Cc3ccccc32)nc2ccc(CN)cc21. The zero-order valence-electron chi connectivity index (χ0n) is 11.5. The Morgan fingerprint density at radius 3 is 2.90 bits per heavy atom. The van der Waals surface area contributed by atoms with Crippen molar-refractivity contribution in [3.05, 3.63) is 65.0 Å². The van der Waals surface area contributed by atoms with Gasteiger partial charge < -0.3 is 10.3 Å². The minimum absolute atomic E-state index is 0.435. The van der Waals surface area contributed by atoms with E-state index in [9.17, 15) is 0 Å². The van der Waals surface area contributed by atoms with Crippen LogP contribution >= 0.6 is 0 Å². The molecule has 0 radical (unpaired) electrons. The smallest absolute Gasteiger partial charge is 0.117 e. The number of aryl methyl sites for hydroxylation is 1. The molecule has 0 saturated heterocycles. The van der Waals surface area contributed by atoms with E-state index in [1.54, 1.807) is 0 Å². The van der Waals surface area contributed by atoms with Crippen molar-refractivity contribution in [3.63, 3.8) is 0 Å². The van der Waals surface area contributed by atoms with Crippen molar-refractivity contribution in [3.8, 4) is 0 Å². The Labute approximate surface area is 118 Å². The largest absolute Gasteiger partial charge is 0.331 e. The first kappa shape index (κ1) is 11.7. The Hall–Kier alpha value is -2.13. The van der Waals surface area contributed by atoms with Gasteiger partial charge in [-0.1, -0.05) is 30.3 Å². The first-order chi connectivity index (χ1) is 9.78. The Balaban J connectivity index is 1.84. The molecule has 3 aromatic rings. The number of hydrogen-bond acceptors (Lipinski definition) is 2. The molecule has 3 heteroatoms. The first-order valence-corrected chi connectivity index (χ1v) is 7.01. The third kappa shape index (κ3) is 1.53. The van der Waals surface area contributed by atoms with Crippen molar-refractivity contribution in [1.82, 2.24) is 9.55 Å². The summed E-state index contributed by atoms with van der Waals surface area (Å²) in [6.07, 6.45) is 1.09. The quantitative estimate of drug-likeness (QED) is 0.772. The molecule has 1 aliphatic rings. The van der Waals surface area contributed by atoms with Crippen molar-refractivity contribution in [1.29, 1.82) is 0 Å². The van der Waals surface area contributed by atoms with Gasteiger partial charge in [0, 0.05) is 19.5 Å². The maximum Gasteiger partial charge on any atom is 0.117 e. The van der Waals surface area contributed by atoms with Gasteiger partial charge in [0.1, 0.15) is 5.82 Å². The van der Waals surface area contributed by atoms with Crippen molar-refractivity contribution in [2.75, 3.05) is 0 Å². The van der Waals surface area contributed by atoms with Crippen LogP contribution in [0.25, 0.3) is 11.0 Å². The molecule has 4 rings (SSSR count). The number of nitrogens with two attached hydrogens (primary N) is 1. The summed E-state index contributed by atoms with van der Waals surface area (Å²) in [4.78, 5) is 4.83. The van der Waals surface area contributed by atoms with Gasteiger partial charge in [-0.3, -0.25) is 0 Å². The normalized spacial score (nSPS) is 17.0. The molecule has 3 nitrogen and oxygen atoms in total. The molecule has 2 N–H and O–H groups in total. The van der Waals surface area contributed by atoms with Gasteiger partial charge in [0.2, 0.25) is 0 Å². The molecule has 1 aromatic heterocycles. The number of fused-ring (bicyclic) bond motifs is 2. The van der Waals surface area contributed by atoms with Crippen molar-refractivity contribution >= 4 is 11.0 Å². The lowest BCUT2D eigenvalue weighted by Crippen LogP contribution is -2.21. The molecule has 0 fully saturated rings. The van der Waals surface area contributed by atoms with Gasteiger partial charge in [0.25, 0.3) is 0 Å². The standard InChI is InChI=1S/C17H17N3/c1-20-16-8-11(10-18)6-7-15(16)19-17(20)14-9-12-4-2-3-5-13(12)14/h2-8,14H,9-10,18H2,1H3. The van der Waals surface area contributed by atoms with Crippen LogP contribution in [0.2, 0.25) is 0 Å². The Kier molecular flexibility index (Phi) is 2.44. The lowest BCUT2D eigenvalue weighted by molar-refractivity contribution is 0.634. The predicted octanol–water partition coefficient (Wildman–Crippen LogP) is 2.72. The van der Waals surface area contributed by atoms with Gasteiger partial charge >= 0.3 is 0 Å². The van der Waals surface area contributed by atoms with E-state index in [1.165, 1.54) is 16.6 Å². The fourth-order valence-corrected chi connectivity index (χ4v) is 3.18. The summed E-state index contributed by atoms with van der Waals surface area (Å²) in [7, 11) is 2.10. The second kappa shape index (κ2) is 4.18.